The highest BCUT2D eigenvalue weighted by atomic mass is 32.1. The molecule has 0 aliphatic carbocycles. The maximum Gasteiger partial charge on any atom is 0.0909 e. The van der Waals surface area contributed by atoms with Gasteiger partial charge >= 0.3 is 0 Å². The van der Waals surface area contributed by atoms with E-state index in [2.05, 4.69) is 23.5 Å². The fraction of sp³-hybridized carbons (Fsp3) is 0. The summed E-state index contributed by atoms with van der Waals surface area (Å²) in [7, 11) is 0. The van der Waals surface area contributed by atoms with Gasteiger partial charge in [0.15, 0.2) is 0 Å². The number of thiocarbonyl (C=S) groups is 1. The van der Waals surface area contributed by atoms with E-state index in [1.807, 2.05) is 0 Å². The molecule has 0 aromatic rings. The Morgan fingerprint density at radius 2 is 2.29 bits per heavy atom. The first-order chi connectivity index (χ1) is 3.41. The van der Waals surface area contributed by atoms with Crippen molar-refractivity contribution in [3.05, 3.63) is 25.2 Å². The smallest absolute Gasteiger partial charge is 0.0909 e. The third kappa shape index (κ3) is 5.37. The molecule has 7 heavy (non-hydrogen) atoms. The van der Waals surface area contributed by atoms with E-state index in [1.54, 1.807) is 6.08 Å². The van der Waals surface area contributed by atoms with Gasteiger partial charge in [0.05, 0.1) is 12.5 Å². The van der Waals surface area contributed by atoms with E-state index in [0.29, 0.717) is 0 Å². The van der Waals surface area contributed by atoms with Gasteiger partial charge in [-0.25, -0.2) is 0 Å². The molecule has 0 amide bonds. The molecule has 0 bridgehead atoms. The lowest BCUT2D eigenvalue weighted by molar-refractivity contribution is 0.405. The van der Waals surface area contributed by atoms with Crippen LogP contribution in [0, 0.1) is 0 Å². The normalized spacial score (nSPS) is 8.57. The molecular formula is C5H6OS. The molecule has 0 radical (unpaired) electrons. The molecule has 0 aliphatic heterocycles. The lowest BCUT2D eigenvalue weighted by Crippen LogP contribution is -1.60. The van der Waals surface area contributed by atoms with Crippen LogP contribution in [-0.4, -0.2) is 5.37 Å². The van der Waals surface area contributed by atoms with Gasteiger partial charge < -0.3 is 4.74 Å². The molecule has 0 saturated heterocycles. The number of hydrogen-bond acceptors (Lipinski definition) is 2. The predicted octanol–water partition coefficient (Wildman–Crippen LogP) is 1.66. The summed E-state index contributed by atoms with van der Waals surface area (Å²) in [6.07, 6.45) is 4.40. The Kier molecular flexibility index (Phi) is 4.89. The lowest BCUT2D eigenvalue weighted by Gasteiger charge is -1.80. The fourth-order valence-corrected chi connectivity index (χ4v) is 0.197. The predicted molar refractivity (Wildman–Crippen MR) is 34.1 cm³/mol. The van der Waals surface area contributed by atoms with Crippen LogP contribution < -0.4 is 0 Å². The minimum Gasteiger partial charge on any atom is -0.473 e. The molecule has 0 aromatic heterocycles. The highest BCUT2D eigenvalue weighted by molar-refractivity contribution is 7.79. The molecular weight excluding hydrogens is 108 g/mol. The maximum atomic E-state index is 4.56. The molecule has 0 aliphatic rings. The Morgan fingerprint density at radius 1 is 1.57 bits per heavy atom. The van der Waals surface area contributed by atoms with Crippen LogP contribution >= 0.6 is 12.2 Å². The number of allylic oxidation sites excluding steroid dienone is 1. The maximum absolute atomic E-state index is 4.56. The molecule has 0 rings (SSSR count). The van der Waals surface area contributed by atoms with E-state index in [0.717, 1.165) is 0 Å². The van der Waals surface area contributed by atoms with Crippen molar-refractivity contribution in [1.82, 2.24) is 0 Å². The summed E-state index contributed by atoms with van der Waals surface area (Å²) in [5, 5.41) is 1.46. The van der Waals surface area contributed by atoms with E-state index in [9.17, 15) is 0 Å². The van der Waals surface area contributed by atoms with Crippen molar-refractivity contribution in [2.75, 3.05) is 0 Å². The topological polar surface area (TPSA) is 9.23 Å². The van der Waals surface area contributed by atoms with Gasteiger partial charge in [-0.05, 0) is 6.08 Å². The highest BCUT2D eigenvalue weighted by Gasteiger charge is 1.57. The molecule has 1 nitrogen and oxygen atoms in total. The van der Waals surface area contributed by atoms with Crippen LogP contribution in [0.4, 0.5) is 0 Å². The summed E-state index contributed by atoms with van der Waals surface area (Å²) in [5.41, 5.74) is 0. The lowest BCUT2D eigenvalue weighted by atomic mass is 10.7. The molecule has 0 unspecified atom stereocenters. The molecule has 38 valence electrons. The van der Waals surface area contributed by atoms with Crippen molar-refractivity contribution in [3.8, 4) is 0 Å². The highest BCUT2D eigenvalue weighted by Crippen LogP contribution is 1.72. The van der Waals surface area contributed by atoms with E-state index >= 15 is 0 Å². The molecule has 0 fully saturated rings. The van der Waals surface area contributed by atoms with Crippen molar-refractivity contribution >= 4 is 17.6 Å². The second-order valence-corrected chi connectivity index (χ2v) is 1.04. The van der Waals surface area contributed by atoms with Gasteiger partial charge in [0.2, 0.25) is 0 Å². The summed E-state index contributed by atoms with van der Waals surface area (Å²) in [6.45, 7) is 3.31. The molecule has 0 atom stereocenters. The van der Waals surface area contributed by atoms with E-state index in [4.69, 9.17) is 0 Å². The summed E-state index contributed by atoms with van der Waals surface area (Å²) in [5.74, 6) is 0. The second-order valence-electron chi connectivity index (χ2n) is 0.767. The van der Waals surface area contributed by atoms with Crippen molar-refractivity contribution in [2.45, 2.75) is 0 Å². The average Bonchev–Trinajstić information content (AvgIpc) is 1.69. The number of rotatable bonds is 3. The Morgan fingerprint density at radius 3 is 2.71 bits per heavy atom. The van der Waals surface area contributed by atoms with Gasteiger partial charge in [0.1, 0.15) is 0 Å². The third-order valence-corrected chi connectivity index (χ3v) is 0.489. The fourth-order valence-electron chi connectivity index (χ4n) is 0.133. The van der Waals surface area contributed by atoms with Crippen molar-refractivity contribution in [1.29, 1.82) is 0 Å². The quantitative estimate of drug-likeness (QED) is 0.313. The van der Waals surface area contributed by atoms with E-state index in [-0.39, 0.29) is 0 Å². The summed E-state index contributed by atoms with van der Waals surface area (Å²) in [6, 6.07) is 0. The van der Waals surface area contributed by atoms with Gasteiger partial charge in [-0.1, -0.05) is 18.8 Å². The Hall–Kier alpha value is -0.630. The first kappa shape index (κ1) is 6.37. The molecule has 0 aromatic carbocycles. The molecule has 0 heterocycles. The first-order valence-electron chi connectivity index (χ1n) is 1.78. The van der Waals surface area contributed by atoms with Crippen LogP contribution in [0.5, 0.6) is 0 Å². The number of ether oxygens (including phenoxy) is 1. The third-order valence-electron chi connectivity index (χ3n) is 0.332. The van der Waals surface area contributed by atoms with E-state index in [1.165, 1.54) is 17.9 Å². The van der Waals surface area contributed by atoms with Gasteiger partial charge in [-0.15, -0.1) is 0 Å². The molecule has 2 heteroatoms. The van der Waals surface area contributed by atoms with Crippen LogP contribution in [0.1, 0.15) is 0 Å². The minimum absolute atomic E-state index is 1.33. The van der Waals surface area contributed by atoms with Crippen LogP contribution in [0.15, 0.2) is 25.2 Å². The summed E-state index contributed by atoms with van der Waals surface area (Å²) in [4.78, 5) is 0. The van der Waals surface area contributed by atoms with Gasteiger partial charge in [-0.2, -0.15) is 0 Å². The van der Waals surface area contributed by atoms with E-state index < -0.39 is 0 Å². The zero-order chi connectivity index (χ0) is 5.54. The molecule has 0 N–H and O–H groups in total. The summed E-state index contributed by atoms with van der Waals surface area (Å²) >= 11 is 4.44. The van der Waals surface area contributed by atoms with Crippen LogP contribution in [0.25, 0.3) is 0 Å². The van der Waals surface area contributed by atoms with Gasteiger partial charge in [0, 0.05) is 5.37 Å². The van der Waals surface area contributed by atoms with Gasteiger partial charge in [-0.3, -0.25) is 0 Å². The van der Waals surface area contributed by atoms with Gasteiger partial charge in [0.25, 0.3) is 0 Å². The van der Waals surface area contributed by atoms with Crippen LogP contribution in [0.3, 0.4) is 0 Å². The zero-order valence-corrected chi connectivity index (χ0v) is 4.65. The van der Waals surface area contributed by atoms with Crippen molar-refractivity contribution in [3.63, 3.8) is 0 Å². The minimum atomic E-state index is 1.33. The molecule has 0 saturated carbocycles. The zero-order valence-electron chi connectivity index (χ0n) is 3.83. The number of hydrogen-bond donors (Lipinski definition) is 0. The van der Waals surface area contributed by atoms with Crippen molar-refractivity contribution < 1.29 is 4.74 Å². The summed E-state index contributed by atoms with van der Waals surface area (Å²) < 4.78 is 4.56. The Balaban J connectivity index is 3.08. The first-order valence-corrected chi connectivity index (χ1v) is 2.25. The monoisotopic (exact) mass is 114 g/mol. The second kappa shape index (κ2) is 5.37. The average molecular weight is 114 g/mol. The van der Waals surface area contributed by atoms with Crippen molar-refractivity contribution in [2.24, 2.45) is 0 Å². The standard InChI is InChI=1S/C5H6OS/c1-2-6-4-3-5-7/h2-5H,1H2. The Labute approximate surface area is 48.3 Å². The molecule has 0 spiro atoms. The van der Waals surface area contributed by atoms with Crippen LogP contribution in [-0.2, 0) is 4.74 Å². The largest absolute Gasteiger partial charge is 0.473 e. The van der Waals surface area contributed by atoms with Crippen LogP contribution in [0.2, 0.25) is 0 Å². The SMILES string of the molecule is C=COC=CC=S. The Bertz CT molecular complexity index is 86.1.